The Hall–Kier alpha value is -5.14. The Morgan fingerprint density at radius 2 is 1.38 bits per heavy atom. The van der Waals surface area contributed by atoms with Gasteiger partial charge in [-0.25, -0.2) is 9.46 Å². The van der Waals surface area contributed by atoms with Crippen LogP contribution >= 0.6 is 20.3 Å². The molecule has 65 heavy (non-hydrogen) atoms. The van der Waals surface area contributed by atoms with Crippen LogP contribution in [0.2, 0.25) is 0 Å². The zero-order valence-corrected chi connectivity index (χ0v) is 39.5. The first kappa shape index (κ1) is 49.3. The van der Waals surface area contributed by atoms with Gasteiger partial charge in [0.2, 0.25) is 0 Å². The predicted molar refractivity (Wildman–Crippen MR) is 253 cm³/mol. The molecular formula is C49H58N5O9PS. The highest BCUT2D eigenvalue weighted by Gasteiger charge is 2.56. The number of thioether (sulfide) groups is 1. The van der Waals surface area contributed by atoms with Crippen molar-refractivity contribution in [1.29, 1.82) is 5.26 Å². The second kappa shape index (κ2) is 23.4. The summed E-state index contributed by atoms with van der Waals surface area (Å²) >= 11 is 1.32. The second-order valence-electron chi connectivity index (χ2n) is 15.8. The number of nitrogens with zero attached hydrogens (tertiary/aromatic N) is 4. The standard InChI is InChI=1S/C49H58N5O9PS/c1-33(2)54(34(3)4)64(61-30-14-28-50)63-44-45(60-32-31-57-5)47(53-29-27-41(51)52-48(53)56)65-46(44)43(42(55)35-15-10-8-11-16-35)62-49(36-17-12-9-13-18-36,37-19-23-39(58-6)24-20-37)38-21-25-40(59-7)26-22-38/h8-13,15-27,29,33-34,43-47H,14,30-32H2,1-7H3,(H2,51,52,56)/t43?,44-,45+,46+,47+,64?/m0/s1. The van der Waals surface area contributed by atoms with Crippen molar-refractivity contribution in [1.82, 2.24) is 14.2 Å². The zero-order chi connectivity index (χ0) is 46.5. The van der Waals surface area contributed by atoms with E-state index in [1.54, 1.807) is 45.7 Å². The molecule has 2 unspecified atom stereocenters. The molecule has 16 heteroatoms. The largest absolute Gasteiger partial charge is 0.497 e. The maximum absolute atomic E-state index is 15.8. The monoisotopic (exact) mass is 923 g/mol. The predicted octanol–water partition coefficient (Wildman–Crippen LogP) is 8.41. The normalized spacial score (nSPS) is 18.4. The number of ether oxygens (including phenoxy) is 5. The van der Waals surface area contributed by atoms with Crippen LogP contribution in [0.5, 0.6) is 11.5 Å². The van der Waals surface area contributed by atoms with Gasteiger partial charge in [-0.15, -0.1) is 11.8 Å². The van der Waals surface area contributed by atoms with Crippen LogP contribution in [0.15, 0.2) is 126 Å². The third-order valence-electron chi connectivity index (χ3n) is 10.9. The number of benzene rings is 4. The molecule has 1 aliphatic rings. The second-order valence-corrected chi connectivity index (χ2v) is 18.5. The van der Waals surface area contributed by atoms with Crippen LogP contribution in [-0.2, 0) is 28.9 Å². The van der Waals surface area contributed by atoms with Gasteiger partial charge in [-0.1, -0.05) is 84.9 Å². The van der Waals surface area contributed by atoms with E-state index in [4.69, 9.17) is 38.5 Å². The minimum absolute atomic E-state index is 0.0569. The zero-order valence-electron chi connectivity index (χ0n) is 37.8. The Labute approximate surface area is 386 Å². The third kappa shape index (κ3) is 11.5. The number of nitrogens with two attached hydrogens (primary N) is 1. The van der Waals surface area contributed by atoms with Crippen LogP contribution in [0.3, 0.4) is 0 Å². The Morgan fingerprint density at radius 1 is 0.815 bits per heavy atom. The van der Waals surface area contributed by atoms with Crippen molar-refractivity contribution in [2.45, 2.75) is 80.7 Å². The first-order valence-corrected chi connectivity index (χ1v) is 23.5. The number of rotatable bonds is 23. The van der Waals surface area contributed by atoms with E-state index in [0.717, 1.165) is 5.56 Å². The maximum Gasteiger partial charge on any atom is 0.350 e. The number of carbonyl (C=O) groups excluding carboxylic acids is 1. The Kier molecular flexibility index (Phi) is 17.7. The molecule has 0 spiro atoms. The minimum atomic E-state index is -1.93. The number of hydrogen-bond donors (Lipinski definition) is 1. The lowest BCUT2D eigenvalue weighted by Gasteiger charge is -2.42. The molecule has 2 heterocycles. The summed E-state index contributed by atoms with van der Waals surface area (Å²) in [6.45, 7) is 8.63. The van der Waals surface area contributed by atoms with Crippen molar-refractivity contribution in [2.24, 2.45) is 0 Å². The van der Waals surface area contributed by atoms with E-state index in [1.807, 2.05) is 125 Å². The average Bonchev–Trinajstić information content (AvgIpc) is 3.66. The van der Waals surface area contributed by atoms with E-state index in [1.165, 1.54) is 16.3 Å². The summed E-state index contributed by atoms with van der Waals surface area (Å²) in [6.07, 6.45) is -1.50. The number of carbonyl (C=O) groups is 1. The topological polar surface area (TPSA) is 170 Å². The molecule has 6 atom stereocenters. The molecule has 1 aromatic heterocycles. The Balaban J connectivity index is 1.66. The first-order valence-electron chi connectivity index (χ1n) is 21.4. The van der Waals surface area contributed by atoms with E-state index in [-0.39, 0.29) is 49.9 Å². The molecule has 1 saturated heterocycles. The minimum Gasteiger partial charge on any atom is -0.497 e. The number of hydrogen-bond acceptors (Lipinski definition) is 14. The van der Waals surface area contributed by atoms with Crippen molar-refractivity contribution in [3.8, 4) is 17.6 Å². The van der Waals surface area contributed by atoms with Crippen LogP contribution in [0.25, 0.3) is 0 Å². The highest BCUT2D eigenvalue weighted by Crippen LogP contribution is 2.56. The van der Waals surface area contributed by atoms with Crippen LogP contribution in [0.1, 0.15) is 66.5 Å². The van der Waals surface area contributed by atoms with Crippen molar-refractivity contribution < 1.29 is 37.5 Å². The quantitative estimate of drug-likeness (QED) is 0.0287. The van der Waals surface area contributed by atoms with Gasteiger partial charge in [0.1, 0.15) is 46.6 Å². The molecule has 5 aromatic rings. The van der Waals surface area contributed by atoms with Gasteiger partial charge < -0.3 is 38.5 Å². The van der Waals surface area contributed by atoms with Gasteiger partial charge in [0, 0.05) is 31.0 Å². The fraction of sp³-hybridized carbons (Fsp3) is 0.388. The number of Topliss-reactive ketones (excluding diaryl/α,β-unsaturated/α-hetero) is 1. The molecule has 1 aliphatic heterocycles. The highest BCUT2D eigenvalue weighted by molar-refractivity contribution is 8.00. The number of ketones is 1. The lowest BCUT2D eigenvalue weighted by atomic mass is 9.79. The number of aromatic nitrogens is 2. The molecule has 14 nitrogen and oxygen atoms in total. The van der Waals surface area contributed by atoms with Crippen molar-refractivity contribution in [3.63, 3.8) is 0 Å². The van der Waals surface area contributed by atoms with Crippen LogP contribution in [0, 0.1) is 11.3 Å². The molecule has 4 aromatic carbocycles. The van der Waals surface area contributed by atoms with Crippen molar-refractivity contribution in [3.05, 3.63) is 154 Å². The summed E-state index contributed by atoms with van der Waals surface area (Å²) in [5.41, 5.74) is 6.50. The smallest absolute Gasteiger partial charge is 0.350 e. The number of nitriles is 1. The van der Waals surface area contributed by atoms with E-state index < -0.39 is 48.8 Å². The molecule has 344 valence electrons. The SMILES string of the molecule is COCCO[C@@H]1[C@H](OP(OCCC#N)N(C(C)C)C(C)C)[C@@H](C(OC(c2ccccc2)(c2ccc(OC)cc2)c2ccc(OC)cc2)C(=O)c2ccccc2)S[C@H]1n1ccc(N)nc1=O. The van der Waals surface area contributed by atoms with Gasteiger partial charge in [0.25, 0.3) is 8.53 Å². The molecule has 0 saturated carbocycles. The molecular weight excluding hydrogens is 866 g/mol. The summed E-state index contributed by atoms with van der Waals surface area (Å²) in [7, 11) is 2.85. The van der Waals surface area contributed by atoms with Gasteiger partial charge in [0.05, 0.1) is 51.8 Å². The van der Waals surface area contributed by atoms with E-state index in [2.05, 4.69) is 15.7 Å². The Bertz CT molecular complexity index is 2310. The van der Waals surface area contributed by atoms with Gasteiger partial charge >= 0.3 is 5.69 Å². The van der Waals surface area contributed by atoms with Gasteiger partial charge in [-0.05, 0) is 74.7 Å². The van der Waals surface area contributed by atoms with E-state index in [0.29, 0.717) is 28.2 Å². The molecule has 6 rings (SSSR count). The van der Waals surface area contributed by atoms with Gasteiger partial charge in [-0.2, -0.15) is 10.2 Å². The average molecular weight is 924 g/mol. The summed E-state index contributed by atoms with van der Waals surface area (Å²) in [4.78, 5) is 33.7. The first-order chi connectivity index (χ1) is 31.5. The van der Waals surface area contributed by atoms with E-state index in [9.17, 15) is 10.1 Å². The molecule has 0 aliphatic carbocycles. The van der Waals surface area contributed by atoms with E-state index >= 15 is 4.79 Å². The highest BCUT2D eigenvalue weighted by atomic mass is 32.2. The van der Waals surface area contributed by atoms with Gasteiger partial charge in [0.15, 0.2) is 5.78 Å². The molecule has 0 amide bonds. The number of methoxy groups -OCH3 is 3. The fourth-order valence-corrected chi connectivity index (χ4v) is 11.5. The summed E-state index contributed by atoms with van der Waals surface area (Å²) in [5, 5.41) is 7.89. The summed E-state index contributed by atoms with van der Waals surface area (Å²) in [5.74, 6) is 0.986. The maximum atomic E-state index is 15.8. The van der Waals surface area contributed by atoms with Crippen LogP contribution in [-0.4, -0.2) is 96.8 Å². The Morgan fingerprint density at radius 3 is 1.91 bits per heavy atom. The fourth-order valence-electron chi connectivity index (χ4n) is 7.97. The number of anilines is 1. The van der Waals surface area contributed by atoms with Gasteiger partial charge in [-0.3, -0.25) is 9.36 Å². The van der Waals surface area contributed by atoms with Crippen molar-refractivity contribution >= 4 is 31.9 Å². The van der Waals surface area contributed by atoms with Crippen LogP contribution in [0.4, 0.5) is 5.82 Å². The summed E-state index contributed by atoms with van der Waals surface area (Å²) in [6, 6.07) is 37.5. The molecule has 0 bridgehead atoms. The van der Waals surface area contributed by atoms with Crippen molar-refractivity contribution in [2.75, 3.05) is 46.9 Å². The lowest BCUT2D eigenvalue weighted by molar-refractivity contribution is -0.0776. The third-order valence-corrected chi connectivity index (χ3v) is 14.6. The lowest BCUT2D eigenvalue weighted by Crippen LogP contribution is -2.50. The molecule has 1 fully saturated rings. The molecule has 0 radical (unpaired) electrons. The number of nitrogen functional groups attached to an aromatic ring is 1. The van der Waals surface area contributed by atoms with Crippen LogP contribution < -0.4 is 20.9 Å². The summed E-state index contributed by atoms with van der Waals surface area (Å²) < 4.78 is 48.6. The molecule has 2 N–H and O–H groups in total.